The molecule has 0 fully saturated rings. The molecular formula is C11H13F3N4. The van der Waals surface area contributed by atoms with E-state index in [0.29, 0.717) is 24.1 Å². The Morgan fingerprint density at radius 1 is 1.22 bits per heavy atom. The molecule has 0 aromatic carbocycles. The third kappa shape index (κ3) is 3.32. The number of nitrogens with one attached hydrogen (secondary N) is 1. The molecule has 4 nitrogen and oxygen atoms in total. The zero-order valence-corrected chi connectivity index (χ0v) is 10.1. The van der Waals surface area contributed by atoms with Gasteiger partial charge in [-0.3, -0.25) is 0 Å². The van der Waals surface area contributed by atoms with Gasteiger partial charge in [-0.1, -0.05) is 13.8 Å². The van der Waals surface area contributed by atoms with E-state index in [1.54, 1.807) is 0 Å². The van der Waals surface area contributed by atoms with Gasteiger partial charge in [0.25, 0.3) is 0 Å². The molecule has 7 heteroatoms. The van der Waals surface area contributed by atoms with Crippen LogP contribution in [0.3, 0.4) is 0 Å². The number of hydrogen-bond donors (Lipinski definition) is 1. The summed E-state index contributed by atoms with van der Waals surface area (Å²) >= 11 is 0. The molecular weight excluding hydrogens is 245 g/mol. The van der Waals surface area contributed by atoms with Crippen LogP contribution in [0.1, 0.15) is 30.7 Å². The van der Waals surface area contributed by atoms with E-state index in [1.165, 1.54) is 0 Å². The maximum Gasteiger partial charge on any atom is 0.405 e. The SMILES string of the molecule is CCc1nnc(NCC(F)(F)F)c(C#N)c1CC. The molecule has 1 N–H and O–H groups in total. The molecule has 0 aliphatic carbocycles. The summed E-state index contributed by atoms with van der Waals surface area (Å²) in [6.45, 7) is 2.45. The van der Waals surface area contributed by atoms with Gasteiger partial charge in [-0.25, -0.2) is 0 Å². The highest BCUT2D eigenvalue weighted by Gasteiger charge is 2.28. The van der Waals surface area contributed by atoms with Crippen molar-refractivity contribution >= 4 is 5.82 Å². The Morgan fingerprint density at radius 2 is 1.89 bits per heavy atom. The van der Waals surface area contributed by atoms with Crippen LogP contribution in [-0.4, -0.2) is 22.9 Å². The Morgan fingerprint density at radius 3 is 2.33 bits per heavy atom. The molecule has 0 aliphatic heterocycles. The monoisotopic (exact) mass is 258 g/mol. The van der Waals surface area contributed by atoms with Crippen LogP contribution in [0.4, 0.5) is 19.0 Å². The second-order valence-electron chi connectivity index (χ2n) is 3.64. The largest absolute Gasteiger partial charge is 0.405 e. The standard InChI is InChI=1S/C11H13F3N4/c1-3-7-8(5-15)10(16-6-11(12,13)14)18-17-9(7)4-2/h3-4,6H2,1-2H3,(H,16,18). The first-order valence-electron chi connectivity index (χ1n) is 5.52. The van der Waals surface area contributed by atoms with E-state index in [-0.39, 0.29) is 11.4 Å². The quantitative estimate of drug-likeness (QED) is 0.901. The van der Waals surface area contributed by atoms with Gasteiger partial charge in [0.05, 0.1) is 5.69 Å². The molecule has 1 heterocycles. The van der Waals surface area contributed by atoms with E-state index in [4.69, 9.17) is 5.26 Å². The van der Waals surface area contributed by atoms with Gasteiger partial charge >= 0.3 is 6.18 Å². The van der Waals surface area contributed by atoms with Crippen molar-refractivity contribution in [2.75, 3.05) is 11.9 Å². The molecule has 0 spiro atoms. The number of alkyl halides is 3. The van der Waals surface area contributed by atoms with Crippen LogP contribution in [0.15, 0.2) is 0 Å². The predicted octanol–water partition coefficient (Wildman–Crippen LogP) is 2.45. The lowest BCUT2D eigenvalue weighted by atomic mass is 10.0. The van der Waals surface area contributed by atoms with E-state index >= 15 is 0 Å². The minimum absolute atomic E-state index is 0.108. The topological polar surface area (TPSA) is 61.6 Å². The van der Waals surface area contributed by atoms with Crippen molar-refractivity contribution < 1.29 is 13.2 Å². The molecule has 0 saturated carbocycles. The molecule has 0 saturated heterocycles. The third-order valence-electron chi connectivity index (χ3n) is 2.41. The van der Waals surface area contributed by atoms with E-state index in [1.807, 2.05) is 19.9 Å². The molecule has 1 aromatic heterocycles. The van der Waals surface area contributed by atoms with Gasteiger partial charge in [0, 0.05) is 0 Å². The minimum Gasteiger partial charge on any atom is -0.359 e. The molecule has 0 unspecified atom stereocenters. The lowest BCUT2D eigenvalue weighted by molar-refractivity contribution is -0.115. The molecule has 1 rings (SSSR count). The maximum absolute atomic E-state index is 12.1. The minimum atomic E-state index is -4.36. The van der Waals surface area contributed by atoms with Crippen LogP contribution in [0, 0.1) is 11.3 Å². The number of halogens is 3. The highest BCUT2D eigenvalue weighted by molar-refractivity contribution is 5.56. The number of aryl methyl sites for hydroxylation is 1. The Labute approximate surface area is 103 Å². The van der Waals surface area contributed by atoms with Gasteiger partial charge in [-0.2, -0.15) is 23.5 Å². The highest BCUT2D eigenvalue weighted by Crippen LogP contribution is 2.22. The summed E-state index contributed by atoms with van der Waals surface area (Å²) in [5.41, 5.74) is 1.44. The van der Waals surface area contributed by atoms with Gasteiger partial charge < -0.3 is 5.32 Å². The predicted molar refractivity (Wildman–Crippen MR) is 60.0 cm³/mol. The van der Waals surface area contributed by atoms with Crippen LogP contribution in [0.25, 0.3) is 0 Å². The molecule has 0 radical (unpaired) electrons. The van der Waals surface area contributed by atoms with E-state index in [9.17, 15) is 13.2 Å². The average Bonchev–Trinajstić information content (AvgIpc) is 2.33. The van der Waals surface area contributed by atoms with Crippen molar-refractivity contribution in [2.24, 2.45) is 0 Å². The fraction of sp³-hybridized carbons (Fsp3) is 0.545. The maximum atomic E-state index is 12.1. The number of rotatable bonds is 4. The summed E-state index contributed by atoms with van der Waals surface area (Å²) < 4.78 is 36.3. The summed E-state index contributed by atoms with van der Waals surface area (Å²) in [6, 6.07) is 1.89. The first kappa shape index (κ1) is 14.2. The average molecular weight is 258 g/mol. The first-order chi connectivity index (χ1) is 8.42. The fourth-order valence-corrected chi connectivity index (χ4v) is 1.60. The van der Waals surface area contributed by atoms with Gasteiger partial charge in [0.15, 0.2) is 5.82 Å². The van der Waals surface area contributed by atoms with Crippen LogP contribution in [-0.2, 0) is 12.8 Å². The molecule has 0 amide bonds. The van der Waals surface area contributed by atoms with Crippen molar-refractivity contribution in [3.63, 3.8) is 0 Å². The Kier molecular flexibility index (Phi) is 4.48. The second-order valence-corrected chi connectivity index (χ2v) is 3.64. The molecule has 98 valence electrons. The normalized spacial score (nSPS) is 11.1. The summed E-state index contributed by atoms with van der Waals surface area (Å²) in [5.74, 6) is -0.108. The molecule has 0 aliphatic rings. The number of nitrogens with zero attached hydrogens (tertiary/aromatic N) is 3. The Balaban J connectivity index is 3.10. The van der Waals surface area contributed by atoms with Crippen LogP contribution >= 0.6 is 0 Å². The van der Waals surface area contributed by atoms with Crippen LogP contribution in [0.5, 0.6) is 0 Å². The lowest BCUT2D eigenvalue weighted by Gasteiger charge is -2.13. The highest BCUT2D eigenvalue weighted by atomic mass is 19.4. The van der Waals surface area contributed by atoms with Crippen molar-refractivity contribution in [3.05, 3.63) is 16.8 Å². The number of hydrogen-bond acceptors (Lipinski definition) is 4. The smallest absolute Gasteiger partial charge is 0.359 e. The lowest BCUT2D eigenvalue weighted by Crippen LogP contribution is -2.23. The zero-order chi connectivity index (χ0) is 13.8. The zero-order valence-electron chi connectivity index (χ0n) is 10.1. The van der Waals surface area contributed by atoms with E-state index in [2.05, 4.69) is 15.5 Å². The summed E-state index contributed by atoms with van der Waals surface area (Å²) in [6.07, 6.45) is -3.24. The number of anilines is 1. The van der Waals surface area contributed by atoms with Crippen LogP contribution in [0.2, 0.25) is 0 Å². The van der Waals surface area contributed by atoms with Crippen molar-refractivity contribution in [1.82, 2.24) is 10.2 Å². The molecule has 0 atom stereocenters. The molecule has 18 heavy (non-hydrogen) atoms. The van der Waals surface area contributed by atoms with Crippen molar-refractivity contribution in [2.45, 2.75) is 32.9 Å². The third-order valence-corrected chi connectivity index (χ3v) is 2.41. The van der Waals surface area contributed by atoms with Crippen LogP contribution < -0.4 is 5.32 Å². The van der Waals surface area contributed by atoms with Gasteiger partial charge in [-0.15, -0.1) is 5.10 Å². The van der Waals surface area contributed by atoms with Crippen molar-refractivity contribution in [1.29, 1.82) is 5.26 Å². The summed E-state index contributed by atoms with van der Waals surface area (Å²) in [7, 11) is 0. The van der Waals surface area contributed by atoms with Gasteiger partial charge in [0.1, 0.15) is 18.2 Å². The Hall–Kier alpha value is -1.84. The Bertz CT molecular complexity index is 463. The molecule has 0 bridgehead atoms. The molecule has 1 aromatic rings. The van der Waals surface area contributed by atoms with Gasteiger partial charge in [-0.05, 0) is 18.4 Å². The summed E-state index contributed by atoms with van der Waals surface area (Å²) in [4.78, 5) is 0. The number of aromatic nitrogens is 2. The second kappa shape index (κ2) is 5.67. The van der Waals surface area contributed by atoms with E-state index < -0.39 is 12.7 Å². The number of nitriles is 1. The fourth-order valence-electron chi connectivity index (χ4n) is 1.60. The first-order valence-corrected chi connectivity index (χ1v) is 5.52. The van der Waals surface area contributed by atoms with E-state index in [0.717, 1.165) is 0 Å². The summed E-state index contributed by atoms with van der Waals surface area (Å²) in [5, 5.41) is 18.6. The van der Waals surface area contributed by atoms with Gasteiger partial charge in [0.2, 0.25) is 0 Å². The van der Waals surface area contributed by atoms with Crippen molar-refractivity contribution in [3.8, 4) is 6.07 Å².